The molecule has 31 heavy (non-hydrogen) atoms. The van der Waals surface area contributed by atoms with E-state index in [0.29, 0.717) is 12.2 Å². The van der Waals surface area contributed by atoms with Gasteiger partial charge in [-0.05, 0) is 54.9 Å². The molecule has 3 aliphatic rings. The smallest absolute Gasteiger partial charge is 0.231 e. The number of nitrogens with zero attached hydrogens (tertiary/aromatic N) is 1. The number of rotatable bonds is 5. The normalized spacial score (nSPS) is 23.7. The van der Waals surface area contributed by atoms with Crippen LogP contribution in [0.5, 0.6) is 17.2 Å². The van der Waals surface area contributed by atoms with E-state index in [1.165, 1.54) is 29.6 Å². The molecule has 0 amide bonds. The van der Waals surface area contributed by atoms with Crippen LogP contribution < -0.4 is 14.2 Å². The van der Waals surface area contributed by atoms with Crippen molar-refractivity contribution in [2.45, 2.75) is 58.9 Å². The maximum Gasteiger partial charge on any atom is 0.231 e. The molecular formula is C26H36NO4+. The van der Waals surface area contributed by atoms with E-state index in [-0.39, 0.29) is 24.0 Å². The highest BCUT2D eigenvalue weighted by Crippen LogP contribution is 2.51. The molecule has 5 heteroatoms. The highest BCUT2D eigenvalue weighted by molar-refractivity contribution is 5.90. The lowest BCUT2D eigenvalue weighted by atomic mass is 9.72. The molecule has 168 valence electrons. The number of quaternary nitrogens is 1. The zero-order valence-electron chi connectivity index (χ0n) is 19.8. The molecule has 0 unspecified atom stereocenters. The van der Waals surface area contributed by atoms with Crippen molar-refractivity contribution in [3.05, 3.63) is 40.5 Å². The first kappa shape index (κ1) is 21.9. The fraction of sp³-hybridized carbons (Fsp3) is 0.577. The lowest BCUT2D eigenvalue weighted by molar-refractivity contribution is -0.922. The van der Waals surface area contributed by atoms with E-state index in [9.17, 15) is 4.79 Å². The largest absolute Gasteiger partial charge is 0.492 e. The first-order valence-corrected chi connectivity index (χ1v) is 11.4. The Morgan fingerprint density at radius 2 is 2.06 bits per heavy atom. The Labute approximate surface area is 186 Å². The summed E-state index contributed by atoms with van der Waals surface area (Å²) in [7, 11) is 6.07. The Morgan fingerprint density at radius 1 is 1.29 bits per heavy atom. The van der Waals surface area contributed by atoms with E-state index < -0.39 is 0 Å². The van der Waals surface area contributed by atoms with E-state index in [4.69, 9.17) is 14.2 Å². The molecule has 0 aromatic heterocycles. The second-order valence-electron chi connectivity index (χ2n) is 10.4. The second kappa shape index (κ2) is 8.01. The van der Waals surface area contributed by atoms with Crippen molar-refractivity contribution in [3.8, 4) is 17.2 Å². The number of carbonyl (C=O) groups excluding carboxylic acids is 1. The Morgan fingerprint density at radius 3 is 2.77 bits per heavy atom. The molecule has 1 aromatic carbocycles. The van der Waals surface area contributed by atoms with Gasteiger partial charge in [-0.3, -0.25) is 4.79 Å². The molecule has 0 spiro atoms. The molecule has 0 bridgehead atoms. The lowest BCUT2D eigenvalue weighted by Crippen LogP contribution is -2.48. The summed E-state index contributed by atoms with van der Waals surface area (Å²) in [5.41, 5.74) is 5.16. The zero-order valence-corrected chi connectivity index (χ0v) is 19.8. The van der Waals surface area contributed by atoms with E-state index in [1.54, 1.807) is 13.2 Å². The molecule has 1 aromatic rings. The summed E-state index contributed by atoms with van der Waals surface area (Å²) in [5.74, 6) is 2.30. The number of methoxy groups -OCH3 is 1. The van der Waals surface area contributed by atoms with Gasteiger partial charge in [0.15, 0.2) is 17.3 Å². The van der Waals surface area contributed by atoms with Crippen LogP contribution in [-0.4, -0.2) is 44.8 Å². The van der Waals surface area contributed by atoms with Crippen molar-refractivity contribution in [1.82, 2.24) is 0 Å². The second-order valence-corrected chi connectivity index (χ2v) is 10.4. The Bertz CT molecular complexity index is 955. The molecule has 0 radical (unpaired) electrons. The number of ether oxygens (including phenoxy) is 3. The summed E-state index contributed by atoms with van der Waals surface area (Å²) in [6.07, 6.45) is 8.78. The summed E-state index contributed by atoms with van der Waals surface area (Å²) >= 11 is 0. The van der Waals surface area contributed by atoms with Crippen LogP contribution in [0.1, 0.15) is 63.6 Å². The van der Waals surface area contributed by atoms with Crippen LogP contribution in [0, 0.1) is 5.41 Å². The molecule has 0 fully saturated rings. The standard InChI is InChI=1S/C26H36NO4/c1-17-8-7-12-26(2,3)20(17)10-9-19(28)15-21-23-18(11-13-27(21,4)5)14-22-24(25(23)29-6)31-16-30-22/h9-10,14,21H,7-8,11-13,15-16H2,1-6H3/q+1/b10-9+/t21-/m1/s1. The fourth-order valence-electron chi connectivity index (χ4n) is 5.56. The lowest BCUT2D eigenvalue weighted by Gasteiger charge is -2.43. The number of fused-ring (bicyclic) bond motifs is 2. The van der Waals surface area contributed by atoms with Gasteiger partial charge in [-0.25, -0.2) is 0 Å². The number of hydrogen-bond acceptors (Lipinski definition) is 4. The molecule has 0 saturated carbocycles. The topological polar surface area (TPSA) is 44.8 Å². The number of benzene rings is 1. The van der Waals surface area contributed by atoms with Crippen LogP contribution >= 0.6 is 0 Å². The maximum atomic E-state index is 13.2. The van der Waals surface area contributed by atoms with E-state index >= 15 is 0 Å². The van der Waals surface area contributed by atoms with Crippen molar-refractivity contribution < 1.29 is 23.5 Å². The summed E-state index contributed by atoms with van der Waals surface area (Å²) in [4.78, 5) is 13.2. The highest BCUT2D eigenvalue weighted by Gasteiger charge is 2.42. The minimum atomic E-state index is 0.0137. The van der Waals surface area contributed by atoms with Crippen LogP contribution in [0.4, 0.5) is 0 Å². The van der Waals surface area contributed by atoms with Gasteiger partial charge in [0.1, 0.15) is 6.04 Å². The average Bonchev–Trinajstić information content (AvgIpc) is 3.16. The number of ketones is 1. The number of allylic oxidation sites excluding steroid dienone is 4. The fourth-order valence-corrected chi connectivity index (χ4v) is 5.56. The molecule has 5 nitrogen and oxygen atoms in total. The van der Waals surface area contributed by atoms with Crippen LogP contribution in [0.15, 0.2) is 29.4 Å². The van der Waals surface area contributed by atoms with E-state index in [0.717, 1.165) is 40.9 Å². The average molecular weight is 427 g/mol. The van der Waals surface area contributed by atoms with Gasteiger partial charge in [-0.15, -0.1) is 0 Å². The molecule has 0 N–H and O–H groups in total. The van der Waals surface area contributed by atoms with Crippen molar-refractivity contribution in [1.29, 1.82) is 0 Å². The number of carbonyl (C=O) groups is 1. The summed E-state index contributed by atoms with van der Waals surface area (Å²) in [6.45, 7) is 7.95. The minimum Gasteiger partial charge on any atom is -0.492 e. The third-order valence-electron chi connectivity index (χ3n) is 7.46. The van der Waals surface area contributed by atoms with Gasteiger partial charge in [-0.2, -0.15) is 0 Å². The summed E-state index contributed by atoms with van der Waals surface area (Å²) in [6, 6.07) is 2.09. The molecular weight excluding hydrogens is 390 g/mol. The van der Waals surface area contributed by atoms with Crippen LogP contribution in [0.3, 0.4) is 0 Å². The predicted molar refractivity (Wildman–Crippen MR) is 122 cm³/mol. The van der Waals surface area contributed by atoms with E-state index in [2.05, 4.69) is 47.0 Å². The van der Waals surface area contributed by atoms with Gasteiger partial charge in [0.2, 0.25) is 12.5 Å². The van der Waals surface area contributed by atoms with Crippen LogP contribution in [0.2, 0.25) is 0 Å². The minimum absolute atomic E-state index is 0.0137. The zero-order chi connectivity index (χ0) is 22.4. The molecule has 4 rings (SSSR count). The van der Waals surface area contributed by atoms with Gasteiger partial charge in [-0.1, -0.05) is 25.5 Å². The predicted octanol–water partition coefficient (Wildman–Crippen LogP) is 5.14. The van der Waals surface area contributed by atoms with Gasteiger partial charge in [0.25, 0.3) is 0 Å². The quantitative estimate of drug-likeness (QED) is 0.483. The van der Waals surface area contributed by atoms with Gasteiger partial charge >= 0.3 is 0 Å². The van der Waals surface area contributed by atoms with Crippen molar-refractivity contribution in [2.24, 2.45) is 5.41 Å². The van der Waals surface area contributed by atoms with Crippen molar-refractivity contribution >= 4 is 5.78 Å². The monoisotopic (exact) mass is 426 g/mol. The SMILES string of the molecule is COc1c2c(cc3c1[C@@H](CC(=O)/C=C/C1=C(C)CCCC1(C)C)[N+](C)(C)CC3)OCO2. The highest BCUT2D eigenvalue weighted by atomic mass is 16.7. The van der Waals surface area contributed by atoms with Crippen LogP contribution in [-0.2, 0) is 11.2 Å². The Kier molecular flexibility index (Phi) is 5.67. The molecule has 1 aliphatic carbocycles. The summed E-state index contributed by atoms with van der Waals surface area (Å²) < 4.78 is 17.9. The first-order valence-electron chi connectivity index (χ1n) is 11.4. The van der Waals surface area contributed by atoms with Crippen molar-refractivity contribution in [2.75, 3.05) is 34.5 Å². The summed E-state index contributed by atoms with van der Waals surface area (Å²) in [5, 5.41) is 0. The number of likely N-dealkylation sites (N-methyl/N-ethyl adjacent to an activating group) is 1. The molecule has 2 heterocycles. The van der Waals surface area contributed by atoms with Gasteiger partial charge in [0, 0.05) is 6.42 Å². The third kappa shape index (κ3) is 4.00. The first-order chi connectivity index (χ1) is 14.6. The molecule has 2 aliphatic heterocycles. The molecule has 1 atom stereocenters. The Balaban J connectivity index is 1.65. The Hall–Kier alpha value is -2.27. The van der Waals surface area contributed by atoms with Gasteiger partial charge < -0.3 is 18.7 Å². The van der Waals surface area contributed by atoms with Gasteiger partial charge in [0.05, 0.1) is 39.7 Å². The number of hydrogen-bond donors (Lipinski definition) is 0. The van der Waals surface area contributed by atoms with E-state index in [1.807, 2.05) is 0 Å². The maximum absolute atomic E-state index is 13.2. The third-order valence-corrected chi connectivity index (χ3v) is 7.46. The molecule has 0 saturated heterocycles. The van der Waals surface area contributed by atoms with Crippen molar-refractivity contribution in [3.63, 3.8) is 0 Å². The van der Waals surface area contributed by atoms with Crippen LogP contribution in [0.25, 0.3) is 0 Å².